The van der Waals surface area contributed by atoms with E-state index in [2.05, 4.69) is 10.2 Å². The molecule has 2 aromatic rings. The summed E-state index contributed by atoms with van der Waals surface area (Å²) in [6.07, 6.45) is 3.17. The van der Waals surface area contributed by atoms with Crippen LogP contribution < -0.4 is 10.2 Å². The number of amides is 3. The topological polar surface area (TPSA) is 79.0 Å². The van der Waals surface area contributed by atoms with E-state index in [4.69, 9.17) is 4.74 Å². The lowest BCUT2D eigenvalue weighted by Crippen LogP contribution is -2.50. The molecule has 3 heterocycles. The molecule has 3 amide bonds. The molecule has 0 spiro atoms. The highest BCUT2D eigenvalue weighted by Gasteiger charge is 2.40. The third-order valence-corrected chi connectivity index (χ3v) is 7.38. The second-order valence-electron chi connectivity index (χ2n) is 10.6. The maximum absolute atomic E-state index is 13.7. The number of hydrogen-bond donors (Lipinski definition) is 1. The lowest BCUT2D eigenvalue weighted by atomic mass is 9.91. The highest BCUT2D eigenvalue weighted by atomic mass is 19.1. The molecule has 0 bridgehead atoms. The third-order valence-electron chi connectivity index (χ3n) is 7.38. The second-order valence-corrected chi connectivity index (χ2v) is 10.6. The van der Waals surface area contributed by atoms with E-state index in [0.717, 1.165) is 25.7 Å². The fourth-order valence-corrected chi connectivity index (χ4v) is 5.62. The monoisotopic (exact) mass is 493 g/mol. The molecule has 7 nitrogen and oxygen atoms in total. The van der Waals surface area contributed by atoms with Gasteiger partial charge in [0, 0.05) is 25.7 Å². The molecule has 2 saturated heterocycles. The molecule has 2 atom stereocenters. The summed E-state index contributed by atoms with van der Waals surface area (Å²) in [6, 6.07) is 11.3. The molecule has 0 saturated carbocycles. The van der Waals surface area contributed by atoms with E-state index in [1.807, 2.05) is 19.9 Å². The Hall–Kier alpha value is -3.26. The summed E-state index contributed by atoms with van der Waals surface area (Å²) >= 11 is 0. The van der Waals surface area contributed by atoms with E-state index in [0.29, 0.717) is 42.1 Å². The molecular weight excluding hydrogens is 461 g/mol. The van der Waals surface area contributed by atoms with Crippen LogP contribution >= 0.6 is 0 Å². The molecular formula is C28H32FN3O4. The third kappa shape index (κ3) is 4.87. The van der Waals surface area contributed by atoms with Crippen molar-refractivity contribution in [3.05, 3.63) is 65.0 Å². The van der Waals surface area contributed by atoms with Crippen molar-refractivity contribution in [1.82, 2.24) is 10.2 Å². The average Bonchev–Trinajstić information content (AvgIpc) is 3.08. The van der Waals surface area contributed by atoms with E-state index in [-0.39, 0.29) is 41.8 Å². The van der Waals surface area contributed by atoms with Gasteiger partial charge in [-0.25, -0.2) is 4.39 Å². The zero-order chi connectivity index (χ0) is 25.4. The minimum atomic E-state index is -0.410. The Kier molecular flexibility index (Phi) is 6.55. The molecule has 5 rings (SSSR count). The summed E-state index contributed by atoms with van der Waals surface area (Å²) in [7, 11) is 0. The zero-order valence-electron chi connectivity index (χ0n) is 20.8. The Morgan fingerprint density at radius 2 is 1.94 bits per heavy atom. The van der Waals surface area contributed by atoms with Crippen molar-refractivity contribution in [3.8, 4) is 0 Å². The molecule has 2 fully saturated rings. The Bertz CT molecular complexity index is 1200. The van der Waals surface area contributed by atoms with Gasteiger partial charge in [-0.3, -0.25) is 19.3 Å². The quantitative estimate of drug-likeness (QED) is 0.639. The first-order valence-electron chi connectivity index (χ1n) is 12.6. The maximum Gasteiger partial charge on any atom is 0.263 e. The van der Waals surface area contributed by atoms with Crippen LogP contribution in [0.25, 0.3) is 0 Å². The summed E-state index contributed by atoms with van der Waals surface area (Å²) in [5.74, 6) is -1.34. The van der Waals surface area contributed by atoms with Crippen LogP contribution in [0.15, 0.2) is 42.5 Å². The number of nitrogens with one attached hydrogen (secondary N) is 1. The summed E-state index contributed by atoms with van der Waals surface area (Å²) in [6.45, 7) is 5.92. The molecule has 0 aliphatic carbocycles. The molecule has 1 N–H and O–H groups in total. The van der Waals surface area contributed by atoms with Crippen molar-refractivity contribution in [2.75, 3.05) is 24.6 Å². The number of rotatable bonds is 5. The fraction of sp³-hybridized carbons (Fsp3) is 0.464. The first kappa shape index (κ1) is 24.4. The number of fused-ring (bicyclic) bond motifs is 1. The maximum atomic E-state index is 13.7. The summed E-state index contributed by atoms with van der Waals surface area (Å²) in [4.78, 5) is 42.9. The van der Waals surface area contributed by atoms with Gasteiger partial charge in [-0.05, 0) is 69.4 Å². The molecule has 0 radical (unpaired) electrons. The summed E-state index contributed by atoms with van der Waals surface area (Å²) in [5, 5.41) is 3.22. The molecule has 0 unspecified atom stereocenters. The number of anilines is 1. The molecule has 2 aromatic carbocycles. The van der Waals surface area contributed by atoms with Crippen LogP contribution in [0.2, 0.25) is 0 Å². The zero-order valence-corrected chi connectivity index (χ0v) is 20.8. The Balaban J connectivity index is 1.32. The van der Waals surface area contributed by atoms with E-state index >= 15 is 0 Å². The number of carbonyl (C=O) groups excluding carboxylic acids is 3. The van der Waals surface area contributed by atoms with Crippen LogP contribution in [0.4, 0.5) is 10.1 Å². The molecule has 190 valence electrons. The van der Waals surface area contributed by atoms with Gasteiger partial charge in [-0.1, -0.05) is 18.2 Å². The summed E-state index contributed by atoms with van der Waals surface area (Å²) < 4.78 is 19.4. The average molecular weight is 494 g/mol. The van der Waals surface area contributed by atoms with E-state index < -0.39 is 5.82 Å². The molecule has 36 heavy (non-hydrogen) atoms. The van der Waals surface area contributed by atoms with Crippen molar-refractivity contribution in [2.24, 2.45) is 5.92 Å². The van der Waals surface area contributed by atoms with Gasteiger partial charge in [0.1, 0.15) is 5.82 Å². The highest BCUT2D eigenvalue weighted by molar-refractivity contribution is 6.23. The smallest absolute Gasteiger partial charge is 0.263 e. The van der Waals surface area contributed by atoms with Gasteiger partial charge in [-0.2, -0.15) is 0 Å². The number of ether oxygens (including phenoxy) is 1. The number of imide groups is 1. The van der Waals surface area contributed by atoms with Crippen molar-refractivity contribution in [3.63, 3.8) is 0 Å². The molecule has 0 aromatic heterocycles. The minimum absolute atomic E-state index is 0.00995. The van der Waals surface area contributed by atoms with Crippen LogP contribution in [0.3, 0.4) is 0 Å². The Morgan fingerprint density at radius 1 is 1.14 bits per heavy atom. The van der Waals surface area contributed by atoms with Gasteiger partial charge in [0.2, 0.25) is 5.91 Å². The van der Waals surface area contributed by atoms with Crippen LogP contribution in [-0.4, -0.2) is 54.0 Å². The van der Waals surface area contributed by atoms with Crippen molar-refractivity contribution < 1.29 is 23.5 Å². The SMILES string of the molecule is CC1(C)C[C@@H](NC(=O)[C@H]2CCCN(c3cccc4c3C(=O)N(Cc3cccc(F)c3)C4=O)C2)CCO1. The van der Waals surface area contributed by atoms with E-state index in [1.54, 1.807) is 24.3 Å². The Labute approximate surface area is 210 Å². The number of benzene rings is 2. The highest BCUT2D eigenvalue weighted by Crippen LogP contribution is 2.35. The second kappa shape index (κ2) is 9.65. The van der Waals surface area contributed by atoms with Crippen molar-refractivity contribution in [2.45, 2.75) is 57.7 Å². The predicted molar refractivity (Wildman–Crippen MR) is 133 cm³/mol. The van der Waals surface area contributed by atoms with Crippen molar-refractivity contribution in [1.29, 1.82) is 0 Å². The van der Waals surface area contributed by atoms with Gasteiger partial charge >= 0.3 is 0 Å². The number of piperidine rings is 1. The van der Waals surface area contributed by atoms with E-state index in [9.17, 15) is 18.8 Å². The Morgan fingerprint density at radius 3 is 2.72 bits per heavy atom. The van der Waals surface area contributed by atoms with Crippen LogP contribution in [0.5, 0.6) is 0 Å². The van der Waals surface area contributed by atoms with Gasteiger partial charge in [0.05, 0.1) is 34.9 Å². The number of carbonyl (C=O) groups is 3. The number of nitrogens with zero attached hydrogens (tertiary/aromatic N) is 2. The van der Waals surface area contributed by atoms with Crippen LogP contribution in [-0.2, 0) is 16.1 Å². The van der Waals surface area contributed by atoms with Gasteiger partial charge in [0.15, 0.2) is 0 Å². The van der Waals surface area contributed by atoms with Gasteiger partial charge in [-0.15, -0.1) is 0 Å². The largest absolute Gasteiger partial charge is 0.375 e. The molecule has 3 aliphatic rings. The lowest BCUT2D eigenvalue weighted by molar-refractivity contribution is -0.128. The lowest BCUT2D eigenvalue weighted by Gasteiger charge is -2.38. The molecule has 8 heteroatoms. The first-order chi connectivity index (χ1) is 17.2. The van der Waals surface area contributed by atoms with E-state index in [1.165, 1.54) is 17.0 Å². The van der Waals surface area contributed by atoms with Crippen molar-refractivity contribution >= 4 is 23.4 Å². The van der Waals surface area contributed by atoms with Gasteiger partial charge < -0.3 is 15.0 Å². The normalized spacial score (nSPS) is 23.5. The minimum Gasteiger partial charge on any atom is -0.375 e. The number of hydrogen-bond acceptors (Lipinski definition) is 5. The number of halogens is 1. The van der Waals surface area contributed by atoms with Crippen LogP contribution in [0, 0.1) is 11.7 Å². The standard InChI is InChI=1S/C28H32FN3O4/c1-28(2)15-21(11-13-36-28)30-25(33)19-7-5-12-31(17-19)23-10-4-9-22-24(23)27(35)32(26(22)34)16-18-6-3-8-20(29)14-18/h3-4,6,8-10,14,19,21H,5,7,11-13,15-17H2,1-2H3,(H,30,33)/t19-,21-/m0/s1. The van der Waals surface area contributed by atoms with Crippen LogP contribution in [0.1, 0.15) is 65.8 Å². The van der Waals surface area contributed by atoms with Gasteiger partial charge in [0.25, 0.3) is 11.8 Å². The molecule has 3 aliphatic heterocycles. The predicted octanol–water partition coefficient (Wildman–Crippen LogP) is 3.91. The summed E-state index contributed by atoms with van der Waals surface area (Å²) in [5.41, 5.74) is 1.70. The first-order valence-corrected chi connectivity index (χ1v) is 12.6. The fourth-order valence-electron chi connectivity index (χ4n) is 5.62.